The second-order valence-electron chi connectivity index (χ2n) is 4.78. The zero-order valence-corrected chi connectivity index (χ0v) is 14.5. The van der Waals surface area contributed by atoms with E-state index in [4.69, 9.17) is 23.8 Å². The number of nitrogens with one attached hydrogen (secondary N) is 3. The van der Waals surface area contributed by atoms with Gasteiger partial charge in [0.15, 0.2) is 5.11 Å². The first-order valence-corrected chi connectivity index (χ1v) is 8.45. The lowest BCUT2D eigenvalue weighted by atomic mass is 10.2. The molecule has 122 valence electrons. The van der Waals surface area contributed by atoms with Crippen molar-refractivity contribution in [1.82, 2.24) is 10.9 Å². The van der Waals surface area contributed by atoms with E-state index in [0.29, 0.717) is 15.6 Å². The molecule has 2 aromatic carbocycles. The Morgan fingerprint density at radius 3 is 2.50 bits per heavy atom. The highest BCUT2D eigenvalue weighted by molar-refractivity contribution is 7.80. The van der Waals surface area contributed by atoms with Crippen molar-refractivity contribution >= 4 is 61.9 Å². The largest absolute Gasteiger partial charge is 0.331 e. The second kappa shape index (κ2) is 7.12. The predicted octanol–water partition coefficient (Wildman–Crippen LogP) is 4.33. The number of benzene rings is 2. The highest BCUT2D eigenvalue weighted by Gasteiger charge is 2.16. The fraction of sp³-hybridized carbons (Fsp3) is 0. The van der Waals surface area contributed by atoms with Gasteiger partial charge in [-0.2, -0.15) is 0 Å². The Morgan fingerprint density at radius 2 is 1.79 bits per heavy atom. The molecule has 1 aromatic heterocycles. The average Bonchev–Trinajstić information content (AvgIpc) is 2.92. The zero-order valence-electron chi connectivity index (χ0n) is 12.1. The smallest absolute Gasteiger partial charge is 0.281 e. The molecule has 3 N–H and O–H groups in total. The summed E-state index contributed by atoms with van der Waals surface area (Å²) in [6, 6.07) is 13.2. The van der Waals surface area contributed by atoms with Gasteiger partial charge in [-0.1, -0.05) is 29.8 Å². The molecule has 0 aliphatic rings. The molecule has 24 heavy (non-hydrogen) atoms. The van der Waals surface area contributed by atoms with Crippen LogP contribution >= 0.6 is 35.2 Å². The number of hydrogen-bond donors (Lipinski definition) is 3. The van der Waals surface area contributed by atoms with E-state index in [-0.39, 0.29) is 16.8 Å². The molecule has 3 aromatic rings. The van der Waals surface area contributed by atoms with E-state index in [1.807, 2.05) is 24.3 Å². The standard InChI is InChI=1S/C16H11ClFN3OS2/c17-13-11-3-1-2-4-12(11)24-14(13)15(22)20-21-16(23)19-10-7-5-9(18)6-8-10/h1-8H,(H,20,22)(H2,19,21,23). The van der Waals surface area contributed by atoms with E-state index in [0.717, 1.165) is 10.1 Å². The van der Waals surface area contributed by atoms with Gasteiger partial charge in [-0.15, -0.1) is 11.3 Å². The number of fused-ring (bicyclic) bond motifs is 1. The molecule has 0 aliphatic heterocycles. The third-order valence-corrected chi connectivity index (χ3v) is 5.01. The maximum absolute atomic E-state index is 12.8. The van der Waals surface area contributed by atoms with Crippen molar-refractivity contribution in [2.75, 3.05) is 5.32 Å². The summed E-state index contributed by atoms with van der Waals surface area (Å²) in [4.78, 5) is 12.7. The molecule has 4 nitrogen and oxygen atoms in total. The molecular formula is C16H11ClFN3OS2. The molecule has 0 bridgehead atoms. The molecule has 0 saturated heterocycles. The summed E-state index contributed by atoms with van der Waals surface area (Å²) in [6.07, 6.45) is 0. The minimum atomic E-state index is -0.385. The maximum Gasteiger partial charge on any atom is 0.281 e. The highest BCUT2D eigenvalue weighted by atomic mass is 35.5. The van der Waals surface area contributed by atoms with E-state index in [1.165, 1.54) is 35.6 Å². The van der Waals surface area contributed by atoms with E-state index in [2.05, 4.69) is 16.2 Å². The van der Waals surface area contributed by atoms with Crippen molar-refractivity contribution < 1.29 is 9.18 Å². The molecule has 0 spiro atoms. The van der Waals surface area contributed by atoms with Crippen LogP contribution < -0.4 is 16.2 Å². The molecule has 0 unspecified atom stereocenters. The lowest BCUT2D eigenvalue weighted by Crippen LogP contribution is -2.43. The van der Waals surface area contributed by atoms with Crippen LogP contribution in [0, 0.1) is 5.82 Å². The van der Waals surface area contributed by atoms with Crippen LogP contribution in [0.5, 0.6) is 0 Å². The van der Waals surface area contributed by atoms with Crippen molar-refractivity contribution in [3.63, 3.8) is 0 Å². The average molecular weight is 380 g/mol. The highest BCUT2D eigenvalue weighted by Crippen LogP contribution is 2.34. The molecule has 3 rings (SSSR count). The third-order valence-electron chi connectivity index (χ3n) is 3.13. The molecule has 0 saturated carbocycles. The van der Waals surface area contributed by atoms with E-state index in [9.17, 15) is 9.18 Å². The lowest BCUT2D eigenvalue weighted by Gasteiger charge is -2.11. The Labute approximate surface area is 151 Å². The minimum Gasteiger partial charge on any atom is -0.331 e. The number of hydrogen-bond acceptors (Lipinski definition) is 3. The van der Waals surface area contributed by atoms with Crippen molar-refractivity contribution in [3.05, 3.63) is 64.2 Å². The second-order valence-corrected chi connectivity index (χ2v) is 6.62. The Morgan fingerprint density at radius 1 is 1.08 bits per heavy atom. The van der Waals surface area contributed by atoms with Crippen LogP contribution in [-0.2, 0) is 0 Å². The molecule has 8 heteroatoms. The van der Waals surface area contributed by atoms with Gasteiger partial charge in [0, 0.05) is 15.8 Å². The number of anilines is 1. The van der Waals surface area contributed by atoms with Gasteiger partial charge < -0.3 is 5.32 Å². The first-order valence-electron chi connectivity index (χ1n) is 6.84. The van der Waals surface area contributed by atoms with Gasteiger partial charge in [0.05, 0.1) is 5.02 Å². The quantitative estimate of drug-likeness (QED) is 0.458. The lowest BCUT2D eigenvalue weighted by molar-refractivity contribution is 0.0948. The predicted molar refractivity (Wildman–Crippen MR) is 100 cm³/mol. The molecule has 0 aliphatic carbocycles. The topological polar surface area (TPSA) is 53.2 Å². The van der Waals surface area contributed by atoms with Gasteiger partial charge in [-0.05, 0) is 42.5 Å². The van der Waals surface area contributed by atoms with Gasteiger partial charge in [0.2, 0.25) is 0 Å². The maximum atomic E-state index is 12.8. The van der Waals surface area contributed by atoms with Gasteiger partial charge in [-0.3, -0.25) is 15.6 Å². The monoisotopic (exact) mass is 379 g/mol. The summed E-state index contributed by atoms with van der Waals surface area (Å²) in [5.41, 5.74) is 5.68. The Balaban J connectivity index is 1.63. The first kappa shape index (κ1) is 16.6. The Hall–Kier alpha value is -2.22. The van der Waals surface area contributed by atoms with Crippen LogP contribution in [0.3, 0.4) is 0 Å². The number of amides is 1. The molecule has 0 atom stereocenters. The van der Waals surface area contributed by atoms with E-state index in [1.54, 1.807) is 0 Å². The van der Waals surface area contributed by atoms with Gasteiger partial charge in [-0.25, -0.2) is 4.39 Å². The minimum absolute atomic E-state index is 0.173. The van der Waals surface area contributed by atoms with Crippen LogP contribution in [0.25, 0.3) is 10.1 Å². The van der Waals surface area contributed by atoms with E-state index >= 15 is 0 Å². The number of thiocarbonyl (C=S) groups is 1. The number of carbonyl (C=O) groups is 1. The molecular weight excluding hydrogens is 369 g/mol. The number of hydrazine groups is 1. The number of rotatable bonds is 2. The summed E-state index contributed by atoms with van der Waals surface area (Å²) in [7, 11) is 0. The normalized spacial score (nSPS) is 10.4. The molecule has 1 amide bonds. The SMILES string of the molecule is O=C(NNC(=S)Nc1ccc(F)cc1)c1sc2ccccc2c1Cl. The fourth-order valence-electron chi connectivity index (χ4n) is 2.03. The Kier molecular flexibility index (Phi) is 4.94. The van der Waals surface area contributed by atoms with Crippen molar-refractivity contribution in [2.45, 2.75) is 0 Å². The van der Waals surface area contributed by atoms with Gasteiger partial charge in [0.25, 0.3) is 5.91 Å². The van der Waals surface area contributed by atoms with Crippen molar-refractivity contribution in [3.8, 4) is 0 Å². The van der Waals surface area contributed by atoms with Gasteiger partial charge >= 0.3 is 0 Å². The van der Waals surface area contributed by atoms with E-state index < -0.39 is 0 Å². The molecule has 0 radical (unpaired) electrons. The number of thiophene rings is 1. The van der Waals surface area contributed by atoms with Crippen LogP contribution in [0.4, 0.5) is 10.1 Å². The summed E-state index contributed by atoms with van der Waals surface area (Å²) in [5, 5.41) is 4.24. The fourth-order valence-corrected chi connectivity index (χ4v) is 3.61. The van der Waals surface area contributed by atoms with Gasteiger partial charge in [0.1, 0.15) is 10.7 Å². The number of halogens is 2. The Bertz CT molecular complexity index is 911. The number of carbonyl (C=O) groups excluding carboxylic acids is 1. The third kappa shape index (κ3) is 3.64. The first-order chi connectivity index (χ1) is 11.5. The summed E-state index contributed by atoms with van der Waals surface area (Å²) >= 11 is 12.6. The zero-order chi connectivity index (χ0) is 17.1. The molecule has 1 heterocycles. The van der Waals surface area contributed by atoms with Crippen LogP contribution in [-0.4, -0.2) is 11.0 Å². The van der Waals surface area contributed by atoms with Crippen LogP contribution in [0.15, 0.2) is 48.5 Å². The molecule has 0 fully saturated rings. The summed E-state index contributed by atoms with van der Waals surface area (Å²) < 4.78 is 13.8. The van der Waals surface area contributed by atoms with Crippen LogP contribution in [0.2, 0.25) is 5.02 Å². The van der Waals surface area contributed by atoms with Crippen LogP contribution in [0.1, 0.15) is 9.67 Å². The summed E-state index contributed by atoms with van der Waals surface area (Å²) in [5.74, 6) is -0.725. The van der Waals surface area contributed by atoms with Crippen molar-refractivity contribution in [1.29, 1.82) is 0 Å². The summed E-state index contributed by atoms with van der Waals surface area (Å²) in [6.45, 7) is 0. The van der Waals surface area contributed by atoms with Crippen molar-refractivity contribution in [2.24, 2.45) is 0 Å².